The summed E-state index contributed by atoms with van der Waals surface area (Å²) in [6.45, 7) is 5.90. The molecule has 5 heteroatoms. The van der Waals surface area contributed by atoms with Gasteiger partial charge in [-0.1, -0.05) is 31.2 Å². The summed E-state index contributed by atoms with van der Waals surface area (Å²) in [5.74, 6) is 0.204. The molecule has 2 amide bonds. The van der Waals surface area contributed by atoms with E-state index in [9.17, 15) is 9.59 Å². The molecule has 0 fully saturated rings. The van der Waals surface area contributed by atoms with E-state index in [1.807, 2.05) is 50.2 Å². The second-order valence-corrected chi connectivity index (χ2v) is 6.25. The van der Waals surface area contributed by atoms with Crippen molar-refractivity contribution in [3.63, 3.8) is 0 Å². The van der Waals surface area contributed by atoms with E-state index in [0.717, 1.165) is 28.8 Å². The van der Waals surface area contributed by atoms with Crippen LogP contribution in [0.15, 0.2) is 36.4 Å². The Morgan fingerprint density at radius 3 is 2.80 bits per heavy atom. The summed E-state index contributed by atoms with van der Waals surface area (Å²) in [6, 6.07) is 11.5. The molecule has 2 aromatic carbocycles. The van der Waals surface area contributed by atoms with Crippen LogP contribution in [-0.4, -0.2) is 25.0 Å². The summed E-state index contributed by atoms with van der Waals surface area (Å²) in [5.41, 5.74) is 4.61. The van der Waals surface area contributed by atoms with E-state index in [1.165, 1.54) is 4.90 Å². The van der Waals surface area contributed by atoms with Crippen molar-refractivity contribution >= 4 is 23.2 Å². The average Bonchev–Trinajstić information content (AvgIpc) is 2.59. The summed E-state index contributed by atoms with van der Waals surface area (Å²) in [5, 5.41) is 2.97. The fourth-order valence-corrected chi connectivity index (χ4v) is 3.01. The molecule has 0 saturated carbocycles. The van der Waals surface area contributed by atoms with Crippen molar-refractivity contribution in [2.24, 2.45) is 0 Å². The lowest BCUT2D eigenvalue weighted by molar-refractivity contribution is -0.123. The number of aryl methyl sites for hydroxylation is 3. The Morgan fingerprint density at radius 2 is 2.04 bits per heavy atom. The second-order valence-electron chi connectivity index (χ2n) is 6.25. The number of fused-ring (bicyclic) bond motifs is 1. The van der Waals surface area contributed by atoms with E-state index in [0.29, 0.717) is 11.4 Å². The van der Waals surface area contributed by atoms with E-state index >= 15 is 0 Å². The maximum absolute atomic E-state index is 12.6. The molecule has 0 aromatic heterocycles. The van der Waals surface area contributed by atoms with Gasteiger partial charge < -0.3 is 10.1 Å². The van der Waals surface area contributed by atoms with Gasteiger partial charge in [-0.3, -0.25) is 14.5 Å². The molecule has 2 aromatic rings. The number of amides is 2. The number of nitrogens with one attached hydrogen (secondary N) is 1. The number of carbonyl (C=O) groups excluding carboxylic acids is 2. The van der Waals surface area contributed by atoms with Crippen LogP contribution in [0.3, 0.4) is 0 Å². The molecule has 1 aliphatic heterocycles. The molecule has 1 heterocycles. The molecule has 0 spiro atoms. The highest BCUT2D eigenvalue weighted by molar-refractivity contribution is 6.05. The lowest BCUT2D eigenvalue weighted by Crippen LogP contribution is -2.43. The van der Waals surface area contributed by atoms with Gasteiger partial charge in [0.1, 0.15) is 12.3 Å². The second kappa shape index (κ2) is 6.97. The van der Waals surface area contributed by atoms with Gasteiger partial charge in [0, 0.05) is 5.69 Å². The van der Waals surface area contributed by atoms with Crippen molar-refractivity contribution in [1.29, 1.82) is 0 Å². The summed E-state index contributed by atoms with van der Waals surface area (Å²) in [4.78, 5) is 26.3. The monoisotopic (exact) mass is 338 g/mol. The van der Waals surface area contributed by atoms with E-state index in [4.69, 9.17) is 4.74 Å². The summed E-state index contributed by atoms with van der Waals surface area (Å²) >= 11 is 0. The molecule has 25 heavy (non-hydrogen) atoms. The molecule has 0 saturated heterocycles. The van der Waals surface area contributed by atoms with Crippen LogP contribution >= 0.6 is 0 Å². The van der Waals surface area contributed by atoms with E-state index in [1.54, 1.807) is 0 Å². The van der Waals surface area contributed by atoms with Crippen LogP contribution in [-0.2, 0) is 16.0 Å². The normalized spacial score (nSPS) is 13.2. The van der Waals surface area contributed by atoms with Crippen LogP contribution < -0.4 is 15.0 Å². The molecular formula is C20H22N2O3. The summed E-state index contributed by atoms with van der Waals surface area (Å²) in [6.07, 6.45) is 0.829. The number of rotatable bonds is 4. The highest BCUT2D eigenvalue weighted by atomic mass is 16.5. The third-order valence-electron chi connectivity index (χ3n) is 4.36. The number of ether oxygens (including phenoxy) is 1. The Balaban J connectivity index is 1.81. The Kier molecular flexibility index (Phi) is 4.74. The van der Waals surface area contributed by atoms with Gasteiger partial charge in [0.15, 0.2) is 6.61 Å². The van der Waals surface area contributed by atoms with Crippen LogP contribution in [0.4, 0.5) is 11.4 Å². The largest absolute Gasteiger partial charge is 0.482 e. The molecule has 0 atom stereocenters. The molecule has 3 rings (SSSR count). The molecule has 0 bridgehead atoms. The predicted molar refractivity (Wildman–Crippen MR) is 98.2 cm³/mol. The van der Waals surface area contributed by atoms with Crippen molar-refractivity contribution in [3.05, 3.63) is 53.1 Å². The van der Waals surface area contributed by atoms with E-state index in [-0.39, 0.29) is 25.0 Å². The molecule has 0 unspecified atom stereocenters. The highest BCUT2D eigenvalue weighted by Gasteiger charge is 2.27. The topological polar surface area (TPSA) is 58.6 Å². The first kappa shape index (κ1) is 17.0. The SMILES string of the molecule is CCc1cccc(C)c1NC(=O)CN1C(=O)COc2cc(C)ccc21. The number of anilines is 2. The molecule has 0 radical (unpaired) electrons. The highest BCUT2D eigenvalue weighted by Crippen LogP contribution is 2.32. The molecular weight excluding hydrogens is 316 g/mol. The zero-order valence-electron chi connectivity index (χ0n) is 14.8. The third kappa shape index (κ3) is 3.50. The van der Waals surface area contributed by atoms with Gasteiger partial charge in [-0.05, 0) is 49.1 Å². The number of carbonyl (C=O) groups is 2. The average molecular weight is 338 g/mol. The minimum atomic E-state index is -0.217. The molecule has 130 valence electrons. The molecule has 5 nitrogen and oxygen atoms in total. The van der Waals surface area contributed by atoms with Gasteiger partial charge in [0.25, 0.3) is 5.91 Å². The van der Waals surface area contributed by atoms with Crippen molar-refractivity contribution in [3.8, 4) is 5.75 Å². The van der Waals surface area contributed by atoms with Gasteiger partial charge in [0.2, 0.25) is 5.91 Å². The Labute approximate surface area is 147 Å². The van der Waals surface area contributed by atoms with Gasteiger partial charge in [-0.2, -0.15) is 0 Å². The van der Waals surface area contributed by atoms with E-state index in [2.05, 4.69) is 12.2 Å². The van der Waals surface area contributed by atoms with Crippen LogP contribution in [0.2, 0.25) is 0 Å². The maximum atomic E-state index is 12.6. The van der Waals surface area contributed by atoms with Crippen LogP contribution in [0, 0.1) is 13.8 Å². The summed E-state index contributed by atoms with van der Waals surface area (Å²) in [7, 11) is 0. The zero-order valence-corrected chi connectivity index (χ0v) is 14.8. The first-order valence-corrected chi connectivity index (χ1v) is 8.41. The maximum Gasteiger partial charge on any atom is 0.265 e. The fraction of sp³-hybridized carbons (Fsp3) is 0.300. The predicted octanol–water partition coefficient (Wildman–Crippen LogP) is 3.23. The summed E-state index contributed by atoms with van der Waals surface area (Å²) < 4.78 is 5.48. The quantitative estimate of drug-likeness (QED) is 0.931. The van der Waals surface area contributed by atoms with Crippen LogP contribution in [0.5, 0.6) is 5.75 Å². The number of hydrogen-bond acceptors (Lipinski definition) is 3. The first-order chi connectivity index (χ1) is 12.0. The Morgan fingerprint density at radius 1 is 1.24 bits per heavy atom. The van der Waals surface area contributed by atoms with Crippen molar-refractivity contribution in [2.45, 2.75) is 27.2 Å². The lowest BCUT2D eigenvalue weighted by atomic mass is 10.1. The van der Waals surface area contributed by atoms with Gasteiger partial charge in [-0.15, -0.1) is 0 Å². The minimum Gasteiger partial charge on any atom is -0.482 e. The van der Waals surface area contributed by atoms with E-state index < -0.39 is 0 Å². The molecule has 0 aliphatic carbocycles. The third-order valence-corrected chi connectivity index (χ3v) is 4.36. The fourth-order valence-electron chi connectivity index (χ4n) is 3.01. The van der Waals surface area contributed by atoms with Crippen LogP contribution in [0.25, 0.3) is 0 Å². The number of para-hydroxylation sites is 1. The smallest absolute Gasteiger partial charge is 0.265 e. The van der Waals surface area contributed by atoms with Crippen molar-refractivity contribution < 1.29 is 14.3 Å². The van der Waals surface area contributed by atoms with Gasteiger partial charge in [0.05, 0.1) is 5.69 Å². The van der Waals surface area contributed by atoms with Crippen molar-refractivity contribution in [2.75, 3.05) is 23.4 Å². The number of benzene rings is 2. The zero-order chi connectivity index (χ0) is 18.0. The van der Waals surface area contributed by atoms with Gasteiger partial charge >= 0.3 is 0 Å². The minimum absolute atomic E-state index is 0.0320. The van der Waals surface area contributed by atoms with Gasteiger partial charge in [-0.25, -0.2) is 0 Å². The van der Waals surface area contributed by atoms with Crippen LogP contribution in [0.1, 0.15) is 23.6 Å². The first-order valence-electron chi connectivity index (χ1n) is 8.41. The van der Waals surface area contributed by atoms with Crippen molar-refractivity contribution in [1.82, 2.24) is 0 Å². The standard InChI is InChI=1S/C20H22N2O3/c1-4-15-7-5-6-14(3)20(15)21-18(23)11-22-16-9-8-13(2)10-17(16)25-12-19(22)24/h5-10H,4,11-12H2,1-3H3,(H,21,23). The molecule has 1 N–H and O–H groups in total. The Hall–Kier alpha value is -2.82. The lowest BCUT2D eigenvalue weighted by Gasteiger charge is -2.29. The Bertz CT molecular complexity index is 830. The molecule has 1 aliphatic rings. The number of hydrogen-bond donors (Lipinski definition) is 1. The number of nitrogens with zero attached hydrogens (tertiary/aromatic N) is 1.